The van der Waals surface area contributed by atoms with Crippen LogP contribution >= 0.6 is 0 Å². The van der Waals surface area contributed by atoms with Crippen LogP contribution in [-0.2, 0) is 4.79 Å². The normalized spacial score (nSPS) is 17.9. The van der Waals surface area contributed by atoms with Gasteiger partial charge in [0.25, 0.3) is 0 Å². The van der Waals surface area contributed by atoms with Gasteiger partial charge in [0.05, 0.1) is 5.54 Å². The van der Waals surface area contributed by atoms with Crippen molar-refractivity contribution in [2.45, 2.75) is 95.9 Å². The van der Waals surface area contributed by atoms with Crippen molar-refractivity contribution in [3.05, 3.63) is 0 Å². The quantitative estimate of drug-likeness (QED) is 0.597. The van der Waals surface area contributed by atoms with E-state index in [-0.39, 0.29) is 11.4 Å². The van der Waals surface area contributed by atoms with Crippen molar-refractivity contribution in [3.8, 4) is 0 Å². The van der Waals surface area contributed by atoms with Crippen molar-refractivity contribution in [1.29, 1.82) is 0 Å². The monoisotopic (exact) mass is 282 g/mol. The molecule has 0 bridgehead atoms. The van der Waals surface area contributed by atoms with Gasteiger partial charge < -0.3 is 11.1 Å². The van der Waals surface area contributed by atoms with Crippen molar-refractivity contribution in [1.82, 2.24) is 5.32 Å². The number of unbranched alkanes of at least 4 members (excludes halogenated alkanes) is 6. The Morgan fingerprint density at radius 2 is 1.60 bits per heavy atom. The molecule has 0 spiro atoms. The summed E-state index contributed by atoms with van der Waals surface area (Å²) < 4.78 is 0. The largest absolute Gasteiger partial charge is 0.349 e. The number of nitrogens with two attached hydrogens (primary N) is 1. The van der Waals surface area contributed by atoms with Crippen molar-refractivity contribution >= 4 is 5.91 Å². The molecule has 0 aromatic rings. The molecular weight excluding hydrogens is 248 g/mol. The zero-order valence-electron chi connectivity index (χ0n) is 13.4. The van der Waals surface area contributed by atoms with Crippen LogP contribution in [-0.4, -0.2) is 18.0 Å². The second-order valence-electron chi connectivity index (χ2n) is 6.46. The second-order valence-corrected chi connectivity index (χ2v) is 6.46. The maximum absolute atomic E-state index is 12.0. The third-order valence-corrected chi connectivity index (χ3v) is 4.61. The first-order valence-electron chi connectivity index (χ1n) is 8.73. The van der Waals surface area contributed by atoms with Gasteiger partial charge in [0.15, 0.2) is 0 Å². The zero-order chi connectivity index (χ0) is 14.7. The highest BCUT2D eigenvalue weighted by atomic mass is 16.1. The SMILES string of the molecule is CCCCCCCCCC(=O)NC1(CN)CCCCC1. The Kier molecular flexibility index (Phi) is 8.92. The predicted molar refractivity (Wildman–Crippen MR) is 85.6 cm³/mol. The van der Waals surface area contributed by atoms with Gasteiger partial charge in [-0.3, -0.25) is 4.79 Å². The number of rotatable bonds is 10. The average molecular weight is 282 g/mol. The Balaban J connectivity index is 2.10. The van der Waals surface area contributed by atoms with Gasteiger partial charge in [-0.25, -0.2) is 0 Å². The molecule has 0 saturated heterocycles. The molecule has 0 aliphatic heterocycles. The molecule has 1 amide bonds. The van der Waals surface area contributed by atoms with E-state index < -0.39 is 0 Å². The highest BCUT2D eigenvalue weighted by Gasteiger charge is 2.31. The first-order chi connectivity index (χ1) is 9.72. The van der Waals surface area contributed by atoms with Crippen LogP contribution in [0.2, 0.25) is 0 Å². The minimum atomic E-state index is -0.0868. The lowest BCUT2D eigenvalue weighted by Crippen LogP contribution is -2.54. The molecule has 20 heavy (non-hydrogen) atoms. The molecule has 1 aliphatic carbocycles. The van der Waals surface area contributed by atoms with Crippen LogP contribution in [0.5, 0.6) is 0 Å². The van der Waals surface area contributed by atoms with Crippen LogP contribution in [0.25, 0.3) is 0 Å². The zero-order valence-corrected chi connectivity index (χ0v) is 13.4. The average Bonchev–Trinajstić information content (AvgIpc) is 2.47. The number of amides is 1. The number of hydrogen-bond donors (Lipinski definition) is 2. The Labute approximate surface area is 125 Å². The van der Waals surface area contributed by atoms with Crippen LogP contribution in [0.4, 0.5) is 0 Å². The second kappa shape index (κ2) is 10.2. The van der Waals surface area contributed by atoms with Crippen molar-refractivity contribution in [2.24, 2.45) is 5.73 Å². The molecule has 1 fully saturated rings. The molecule has 0 aromatic carbocycles. The number of nitrogens with one attached hydrogen (secondary N) is 1. The Morgan fingerprint density at radius 1 is 1.00 bits per heavy atom. The summed E-state index contributed by atoms with van der Waals surface area (Å²) >= 11 is 0. The fraction of sp³-hybridized carbons (Fsp3) is 0.941. The summed E-state index contributed by atoms with van der Waals surface area (Å²) in [6.07, 6.45) is 15.3. The molecule has 1 rings (SSSR count). The molecule has 3 N–H and O–H groups in total. The van der Waals surface area contributed by atoms with Gasteiger partial charge in [0.2, 0.25) is 5.91 Å². The minimum Gasteiger partial charge on any atom is -0.349 e. The fourth-order valence-corrected chi connectivity index (χ4v) is 3.21. The van der Waals surface area contributed by atoms with Gasteiger partial charge in [-0.2, -0.15) is 0 Å². The summed E-state index contributed by atoms with van der Waals surface area (Å²) in [5.74, 6) is 0.214. The van der Waals surface area contributed by atoms with Gasteiger partial charge in [0.1, 0.15) is 0 Å². The first-order valence-corrected chi connectivity index (χ1v) is 8.73. The van der Waals surface area contributed by atoms with E-state index in [1.807, 2.05) is 0 Å². The Bertz CT molecular complexity index is 260. The molecule has 1 aliphatic rings. The third-order valence-electron chi connectivity index (χ3n) is 4.61. The molecule has 0 atom stereocenters. The topological polar surface area (TPSA) is 55.1 Å². The van der Waals surface area contributed by atoms with Crippen molar-refractivity contribution < 1.29 is 4.79 Å². The molecule has 1 saturated carbocycles. The summed E-state index contributed by atoms with van der Waals surface area (Å²) in [4.78, 5) is 12.0. The maximum Gasteiger partial charge on any atom is 0.220 e. The summed E-state index contributed by atoms with van der Waals surface area (Å²) in [7, 11) is 0. The Morgan fingerprint density at radius 3 is 2.20 bits per heavy atom. The van der Waals surface area contributed by atoms with E-state index in [0.29, 0.717) is 13.0 Å². The van der Waals surface area contributed by atoms with Gasteiger partial charge in [-0.1, -0.05) is 64.7 Å². The molecule has 3 heteroatoms. The number of carbonyl (C=O) groups excluding carboxylic acids is 1. The molecule has 3 nitrogen and oxygen atoms in total. The van der Waals surface area contributed by atoms with E-state index in [2.05, 4.69) is 12.2 Å². The maximum atomic E-state index is 12.0. The predicted octanol–water partition coefficient (Wildman–Crippen LogP) is 3.90. The van der Waals surface area contributed by atoms with Gasteiger partial charge in [-0.15, -0.1) is 0 Å². The molecule has 118 valence electrons. The third kappa shape index (κ3) is 6.74. The van der Waals surface area contributed by atoms with Crippen LogP contribution in [0.3, 0.4) is 0 Å². The van der Waals surface area contributed by atoms with E-state index in [1.165, 1.54) is 57.8 Å². The highest BCUT2D eigenvalue weighted by molar-refractivity contribution is 5.76. The molecule has 0 unspecified atom stereocenters. The highest BCUT2D eigenvalue weighted by Crippen LogP contribution is 2.27. The van der Waals surface area contributed by atoms with Crippen LogP contribution < -0.4 is 11.1 Å². The van der Waals surface area contributed by atoms with Gasteiger partial charge in [0, 0.05) is 13.0 Å². The summed E-state index contributed by atoms with van der Waals surface area (Å²) in [6, 6.07) is 0. The minimum absolute atomic E-state index is 0.0868. The molecular formula is C17H34N2O. The van der Waals surface area contributed by atoms with Gasteiger partial charge >= 0.3 is 0 Å². The molecule has 0 heterocycles. The van der Waals surface area contributed by atoms with E-state index in [1.54, 1.807) is 0 Å². The van der Waals surface area contributed by atoms with E-state index in [4.69, 9.17) is 5.73 Å². The van der Waals surface area contributed by atoms with Crippen LogP contribution in [0.1, 0.15) is 90.4 Å². The standard InChI is InChI=1S/C17H34N2O/c1-2-3-4-5-6-7-9-12-16(20)19-17(15-18)13-10-8-11-14-17/h2-15,18H2,1H3,(H,19,20). The lowest BCUT2D eigenvalue weighted by molar-refractivity contribution is -0.123. The van der Waals surface area contributed by atoms with E-state index in [9.17, 15) is 4.79 Å². The summed E-state index contributed by atoms with van der Waals surface area (Å²) in [6.45, 7) is 2.83. The fourth-order valence-electron chi connectivity index (χ4n) is 3.21. The molecule has 0 aromatic heterocycles. The smallest absolute Gasteiger partial charge is 0.220 e. The first kappa shape index (κ1) is 17.5. The van der Waals surface area contributed by atoms with Crippen molar-refractivity contribution in [2.75, 3.05) is 6.54 Å². The van der Waals surface area contributed by atoms with Crippen LogP contribution in [0, 0.1) is 0 Å². The number of carbonyl (C=O) groups is 1. The van der Waals surface area contributed by atoms with Gasteiger partial charge in [-0.05, 0) is 19.3 Å². The lowest BCUT2D eigenvalue weighted by atomic mass is 9.81. The number of hydrogen-bond acceptors (Lipinski definition) is 2. The van der Waals surface area contributed by atoms with E-state index in [0.717, 1.165) is 19.3 Å². The van der Waals surface area contributed by atoms with Crippen molar-refractivity contribution in [3.63, 3.8) is 0 Å². The molecule has 0 radical (unpaired) electrons. The lowest BCUT2D eigenvalue weighted by Gasteiger charge is -2.37. The van der Waals surface area contributed by atoms with E-state index >= 15 is 0 Å². The van der Waals surface area contributed by atoms with Crippen LogP contribution in [0.15, 0.2) is 0 Å². The Hall–Kier alpha value is -0.570. The summed E-state index contributed by atoms with van der Waals surface area (Å²) in [5, 5.41) is 3.23. The summed E-state index contributed by atoms with van der Waals surface area (Å²) in [5.41, 5.74) is 5.81.